The Labute approximate surface area is 260 Å². The van der Waals surface area contributed by atoms with Crippen LogP contribution in [0.1, 0.15) is 36.5 Å². The highest BCUT2D eigenvalue weighted by molar-refractivity contribution is 6.10. The number of morpholine rings is 1. The summed E-state index contributed by atoms with van der Waals surface area (Å²) in [5.41, 5.74) is 1.43. The number of carbonyl (C=O) groups is 2. The predicted molar refractivity (Wildman–Crippen MR) is 169 cm³/mol. The van der Waals surface area contributed by atoms with E-state index in [1.165, 1.54) is 17.0 Å². The molecule has 11 nitrogen and oxygen atoms in total. The first-order valence-electron chi connectivity index (χ1n) is 15.1. The number of anilines is 3. The summed E-state index contributed by atoms with van der Waals surface area (Å²) in [6.45, 7) is 4.80. The number of benzene rings is 3. The van der Waals surface area contributed by atoms with Crippen molar-refractivity contribution < 1.29 is 28.6 Å². The third kappa shape index (κ3) is 6.91. The van der Waals surface area contributed by atoms with Gasteiger partial charge in [-0.2, -0.15) is 4.98 Å². The Bertz CT molecular complexity index is 1700. The number of ether oxygens (including phenoxy) is 2. The summed E-state index contributed by atoms with van der Waals surface area (Å²) in [5.74, 6) is 0.367. The summed E-state index contributed by atoms with van der Waals surface area (Å²) in [6, 6.07) is 17.0. The Morgan fingerprint density at radius 1 is 1.07 bits per heavy atom. The first kappa shape index (κ1) is 30.1. The molecule has 0 aliphatic carbocycles. The summed E-state index contributed by atoms with van der Waals surface area (Å²) < 4.78 is 26.1. The Kier molecular flexibility index (Phi) is 8.92. The quantitative estimate of drug-likeness (QED) is 0.219. The van der Waals surface area contributed by atoms with Gasteiger partial charge in [-0.05, 0) is 49.6 Å². The number of carboxylic acid groups (broad SMARTS) is 1. The highest BCUT2D eigenvalue weighted by Crippen LogP contribution is 2.35. The monoisotopic (exact) mass is 614 g/mol. The van der Waals surface area contributed by atoms with Crippen molar-refractivity contribution in [1.29, 1.82) is 0 Å². The van der Waals surface area contributed by atoms with E-state index in [0.29, 0.717) is 74.6 Å². The highest BCUT2D eigenvalue weighted by atomic mass is 19.1. The number of amides is 2. The van der Waals surface area contributed by atoms with Gasteiger partial charge in [0, 0.05) is 71.7 Å². The molecule has 0 bridgehead atoms. The molecule has 3 aromatic carbocycles. The van der Waals surface area contributed by atoms with Crippen LogP contribution in [0, 0.1) is 5.82 Å². The maximum atomic E-state index is 14.5. The lowest BCUT2D eigenvalue weighted by atomic mass is 9.96. The van der Waals surface area contributed by atoms with E-state index < -0.39 is 17.8 Å². The fraction of sp³-hybridized carbons (Fsp3) is 0.333. The molecule has 2 unspecified atom stereocenters. The lowest BCUT2D eigenvalue weighted by Crippen LogP contribution is -2.48. The second kappa shape index (κ2) is 13.3. The fourth-order valence-electron chi connectivity index (χ4n) is 5.96. The molecule has 4 aromatic rings. The van der Waals surface area contributed by atoms with E-state index in [4.69, 9.17) is 9.47 Å². The van der Waals surface area contributed by atoms with Crippen LogP contribution < -0.4 is 20.3 Å². The van der Waals surface area contributed by atoms with Crippen LogP contribution in [0.4, 0.5) is 26.5 Å². The van der Waals surface area contributed by atoms with Crippen LogP contribution in [0.2, 0.25) is 0 Å². The van der Waals surface area contributed by atoms with Crippen molar-refractivity contribution in [1.82, 2.24) is 14.9 Å². The number of rotatable bonds is 8. The molecule has 45 heavy (non-hydrogen) atoms. The number of aromatic nitrogens is 2. The minimum absolute atomic E-state index is 0.0348. The van der Waals surface area contributed by atoms with Crippen LogP contribution in [-0.2, 0) is 4.74 Å². The molecule has 0 saturated carbocycles. The topological polar surface area (TPSA) is 129 Å². The number of likely N-dealkylation sites (tertiary alicyclic amines) is 1. The lowest BCUT2D eigenvalue weighted by molar-refractivity contribution is 0.101. The second-order valence-corrected chi connectivity index (χ2v) is 11.1. The van der Waals surface area contributed by atoms with Gasteiger partial charge in [0.05, 0.1) is 13.2 Å². The smallest absolute Gasteiger partial charge is 0.407 e. The number of nitrogens with zero attached hydrogens (tertiary/aromatic N) is 4. The summed E-state index contributed by atoms with van der Waals surface area (Å²) >= 11 is 0. The molecule has 2 saturated heterocycles. The number of piperidine rings is 1. The van der Waals surface area contributed by atoms with Crippen LogP contribution in [0.3, 0.4) is 0 Å². The lowest BCUT2D eigenvalue weighted by Gasteiger charge is -2.37. The van der Waals surface area contributed by atoms with E-state index >= 15 is 0 Å². The standard InChI is InChI=1S/C33H35FN6O5/c1-2-24-20-23(10-12-40(24)33(42)43)36-32-35-11-9-30(38-32)45-29-8-7-28(26-5-3-4-6-27(26)29)37-31(41)21-17-22(34)19-25(18-21)39-13-15-44-16-14-39/h3-9,11,17-19,23-24H,2,10,12-16,20H2,1H3,(H,37,41)(H,42,43)(H,35,36,38). The van der Waals surface area contributed by atoms with Gasteiger partial charge in [-0.1, -0.05) is 31.2 Å². The van der Waals surface area contributed by atoms with Gasteiger partial charge in [0.25, 0.3) is 5.91 Å². The van der Waals surface area contributed by atoms with Gasteiger partial charge in [0.1, 0.15) is 11.6 Å². The van der Waals surface area contributed by atoms with E-state index in [2.05, 4.69) is 20.6 Å². The molecule has 2 amide bonds. The molecule has 0 radical (unpaired) electrons. The van der Waals surface area contributed by atoms with Crippen molar-refractivity contribution in [3.05, 3.63) is 78.2 Å². The first-order valence-corrected chi connectivity index (χ1v) is 15.1. The third-order valence-corrected chi connectivity index (χ3v) is 8.26. The number of nitrogens with one attached hydrogen (secondary N) is 2. The van der Waals surface area contributed by atoms with Crippen molar-refractivity contribution in [2.24, 2.45) is 0 Å². The Morgan fingerprint density at radius 2 is 1.87 bits per heavy atom. The summed E-state index contributed by atoms with van der Waals surface area (Å²) in [4.78, 5) is 37.2. The molecule has 2 aliphatic rings. The predicted octanol–water partition coefficient (Wildman–Crippen LogP) is 5.98. The molecule has 2 atom stereocenters. The first-order chi connectivity index (χ1) is 21.9. The van der Waals surface area contributed by atoms with Crippen molar-refractivity contribution in [2.45, 2.75) is 38.3 Å². The second-order valence-electron chi connectivity index (χ2n) is 11.1. The van der Waals surface area contributed by atoms with Crippen molar-refractivity contribution in [3.63, 3.8) is 0 Å². The molecule has 0 spiro atoms. The zero-order valence-corrected chi connectivity index (χ0v) is 24.9. The van der Waals surface area contributed by atoms with Crippen molar-refractivity contribution in [2.75, 3.05) is 48.4 Å². The Hall–Kier alpha value is -4.97. The van der Waals surface area contributed by atoms with E-state index in [0.717, 1.165) is 17.2 Å². The number of hydrogen-bond donors (Lipinski definition) is 3. The number of halogens is 1. The van der Waals surface area contributed by atoms with Crippen molar-refractivity contribution >= 4 is 40.1 Å². The van der Waals surface area contributed by atoms with Crippen molar-refractivity contribution in [3.8, 4) is 11.6 Å². The molecular weight excluding hydrogens is 579 g/mol. The molecule has 3 N–H and O–H groups in total. The van der Waals surface area contributed by atoms with Crippen LogP contribution in [0.15, 0.2) is 66.9 Å². The van der Waals surface area contributed by atoms with Gasteiger partial charge in [-0.25, -0.2) is 14.2 Å². The normalized spacial score (nSPS) is 18.4. The third-order valence-electron chi connectivity index (χ3n) is 8.26. The zero-order valence-electron chi connectivity index (χ0n) is 24.9. The van der Waals surface area contributed by atoms with Crippen LogP contribution >= 0.6 is 0 Å². The maximum Gasteiger partial charge on any atom is 0.407 e. The summed E-state index contributed by atoms with van der Waals surface area (Å²) in [5, 5.41) is 17.2. The summed E-state index contributed by atoms with van der Waals surface area (Å²) in [6.07, 6.45) is 2.76. The van der Waals surface area contributed by atoms with Gasteiger partial charge in [-0.3, -0.25) is 4.79 Å². The van der Waals surface area contributed by atoms with Gasteiger partial charge in [0.2, 0.25) is 11.8 Å². The van der Waals surface area contributed by atoms with E-state index in [1.807, 2.05) is 36.1 Å². The maximum absolute atomic E-state index is 14.5. The van der Waals surface area contributed by atoms with Crippen LogP contribution in [0.25, 0.3) is 10.8 Å². The van der Waals surface area contributed by atoms with Gasteiger partial charge in [0.15, 0.2) is 0 Å². The number of carbonyl (C=O) groups excluding carboxylic acids is 1. The molecule has 1 aromatic heterocycles. The van der Waals surface area contributed by atoms with Gasteiger partial charge < -0.3 is 35.0 Å². The molecule has 6 rings (SSSR count). The van der Waals surface area contributed by atoms with Crippen LogP contribution in [-0.4, -0.2) is 76.9 Å². The van der Waals surface area contributed by atoms with Crippen LogP contribution in [0.5, 0.6) is 11.6 Å². The number of hydrogen-bond acceptors (Lipinski definition) is 8. The molecule has 12 heteroatoms. The van der Waals surface area contributed by atoms with E-state index in [-0.39, 0.29) is 17.6 Å². The minimum Gasteiger partial charge on any atom is -0.465 e. The zero-order chi connectivity index (χ0) is 31.3. The Morgan fingerprint density at radius 3 is 2.64 bits per heavy atom. The van der Waals surface area contributed by atoms with Gasteiger partial charge >= 0.3 is 6.09 Å². The van der Waals surface area contributed by atoms with Gasteiger partial charge in [-0.15, -0.1) is 0 Å². The van der Waals surface area contributed by atoms with E-state index in [1.54, 1.807) is 30.5 Å². The SMILES string of the molecule is CCC1CC(Nc2nccc(Oc3ccc(NC(=O)c4cc(F)cc(N5CCOCC5)c4)c4ccccc34)n2)CCN1C(=O)O. The molecule has 234 valence electrons. The number of fused-ring (bicyclic) bond motifs is 1. The molecule has 2 aliphatic heterocycles. The molecular formula is C33H35FN6O5. The minimum atomic E-state index is -0.892. The molecule has 3 heterocycles. The average molecular weight is 615 g/mol. The molecule has 2 fully saturated rings. The largest absolute Gasteiger partial charge is 0.465 e. The summed E-state index contributed by atoms with van der Waals surface area (Å²) in [7, 11) is 0. The Balaban J connectivity index is 1.18. The van der Waals surface area contributed by atoms with E-state index in [9.17, 15) is 19.1 Å². The fourth-order valence-corrected chi connectivity index (χ4v) is 5.96. The average Bonchev–Trinajstić information content (AvgIpc) is 3.06. The highest BCUT2D eigenvalue weighted by Gasteiger charge is 2.30.